The molecule has 0 amide bonds. The van der Waals surface area contributed by atoms with Gasteiger partial charge >= 0.3 is 31.7 Å². The summed E-state index contributed by atoms with van der Waals surface area (Å²) in [6.45, 7) is 5.57. The third-order valence-electron chi connectivity index (χ3n) is 22.3. The number of carbonyl (C=O) groups is 4. The molecule has 0 radical (unpaired) electrons. The molecule has 0 bridgehead atoms. The average molecular weight is 1640 g/mol. The number of ether oxygens (including phenoxy) is 8. The fourth-order valence-electron chi connectivity index (χ4n) is 15.0. The highest BCUT2D eigenvalue weighted by atomic mass is 31.2. The van der Waals surface area contributed by atoms with Gasteiger partial charge in [0.05, 0.1) is 13.2 Å². The highest BCUT2D eigenvalue weighted by molar-refractivity contribution is 7.47. The van der Waals surface area contributed by atoms with Crippen molar-refractivity contribution in [3.8, 4) is 0 Å². The van der Waals surface area contributed by atoms with Gasteiger partial charge in [0.25, 0.3) is 0 Å². The summed E-state index contributed by atoms with van der Waals surface area (Å²) >= 11 is 0. The van der Waals surface area contributed by atoms with Crippen LogP contribution in [0.5, 0.6) is 0 Å². The second kappa shape index (κ2) is 66.9. The first-order chi connectivity index (χ1) is 54.7. The first kappa shape index (κ1) is 104. The number of phosphoric ester groups is 1. The average Bonchev–Trinajstić information content (AvgIpc) is 0.754. The van der Waals surface area contributed by atoms with Crippen LogP contribution < -0.4 is 0 Å². The van der Waals surface area contributed by atoms with E-state index in [0.29, 0.717) is 32.1 Å². The van der Waals surface area contributed by atoms with Gasteiger partial charge < -0.3 is 88.7 Å². The number of aliphatic hydroxyl groups is 9. The molecule has 0 aromatic heterocycles. The maximum absolute atomic E-state index is 14.9. The predicted molar refractivity (Wildman–Crippen MR) is 435 cm³/mol. The Morgan fingerprint density at radius 2 is 0.664 bits per heavy atom. The second-order valence-electron chi connectivity index (χ2n) is 32.5. The molecule has 1 saturated carbocycles. The van der Waals surface area contributed by atoms with Crippen LogP contribution >= 0.6 is 7.82 Å². The van der Waals surface area contributed by atoms with E-state index in [-0.39, 0.29) is 32.1 Å². The summed E-state index contributed by atoms with van der Waals surface area (Å²) in [7, 11) is -5.80. The summed E-state index contributed by atoms with van der Waals surface area (Å²) in [5.41, 5.74) is 0. The lowest BCUT2D eigenvalue weighted by Crippen LogP contribution is -2.70. The molecule has 113 heavy (non-hydrogen) atoms. The molecule has 3 aliphatic rings. The smallest absolute Gasteiger partial charge is 0.463 e. The summed E-state index contributed by atoms with van der Waals surface area (Å²) in [4.78, 5) is 66.3. The fourth-order valence-corrected chi connectivity index (χ4v) is 16.0. The zero-order valence-corrected chi connectivity index (χ0v) is 71.3. The summed E-state index contributed by atoms with van der Waals surface area (Å²) < 4.78 is 73.2. The number of carbonyl (C=O) groups excluding carboxylic acids is 4. The van der Waals surface area contributed by atoms with Gasteiger partial charge in [0.2, 0.25) is 0 Å². The molecule has 0 aromatic carbocycles. The van der Waals surface area contributed by atoms with Crippen LogP contribution in [0.4, 0.5) is 0 Å². The highest BCUT2D eigenvalue weighted by Gasteiger charge is 2.60. The minimum atomic E-state index is -5.80. The lowest BCUT2D eigenvalue weighted by Gasteiger charge is -2.50. The number of rotatable bonds is 73. The molecule has 26 heteroatoms. The molecule has 1 aliphatic carbocycles. The van der Waals surface area contributed by atoms with Gasteiger partial charge in [-0.3, -0.25) is 28.2 Å². The predicted octanol–water partition coefficient (Wildman–Crippen LogP) is 16.0. The van der Waals surface area contributed by atoms with Gasteiger partial charge in [-0.25, -0.2) is 4.57 Å². The SMILES string of the molecule is CCCCCCCC/C=C\CCCCCC(=O)OC1C(O)C(O)C(OC2OC(CO)C(O)C(O)C2O)C(OP(=O)(O)OCC(COC(=O)CCCCCCCCCCCCCCC)OC(=O)CCCCCCCCCCCCCCC)C1OC1OC(COC(=O)CCCCCCCCCCCCCCCCC)C(O)C(O)C1O. The van der Waals surface area contributed by atoms with Crippen molar-refractivity contribution in [3.63, 3.8) is 0 Å². The topological polar surface area (TPSA) is 380 Å². The molecule has 2 saturated heterocycles. The molecule has 2 heterocycles. The van der Waals surface area contributed by atoms with E-state index in [2.05, 4.69) is 39.8 Å². The highest BCUT2D eigenvalue weighted by Crippen LogP contribution is 2.49. The molecule has 664 valence electrons. The number of phosphoric acid groups is 1. The van der Waals surface area contributed by atoms with E-state index in [1.165, 1.54) is 173 Å². The Balaban J connectivity index is 1.93. The van der Waals surface area contributed by atoms with Gasteiger partial charge in [0.1, 0.15) is 92.6 Å². The molecule has 0 aromatic rings. The Hall–Kier alpha value is -2.79. The van der Waals surface area contributed by atoms with Crippen molar-refractivity contribution >= 4 is 31.7 Å². The van der Waals surface area contributed by atoms with Gasteiger partial charge in [-0.2, -0.15) is 0 Å². The fraction of sp³-hybridized carbons (Fsp3) is 0.931. The maximum atomic E-state index is 14.9. The molecular formula is C87H161O25P. The van der Waals surface area contributed by atoms with Crippen molar-refractivity contribution in [2.75, 3.05) is 26.4 Å². The Kier molecular flexibility index (Phi) is 61.8. The lowest BCUT2D eigenvalue weighted by molar-refractivity contribution is -0.360. The number of hydrogen-bond donors (Lipinski definition) is 10. The summed E-state index contributed by atoms with van der Waals surface area (Å²) in [6.07, 6.45) is 23.8. The van der Waals surface area contributed by atoms with E-state index in [1.54, 1.807) is 0 Å². The normalized spacial score (nSPS) is 25.5. The zero-order chi connectivity index (χ0) is 82.5. The number of allylic oxidation sites excluding steroid dienone is 2. The van der Waals surface area contributed by atoms with Gasteiger partial charge in [-0.15, -0.1) is 0 Å². The van der Waals surface area contributed by atoms with Gasteiger partial charge in [-0.05, 0) is 51.4 Å². The van der Waals surface area contributed by atoms with Crippen LogP contribution in [0, 0.1) is 0 Å². The Labute approximate surface area is 680 Å². The van der Waals surface area contributed by atoms with E-state index in [9.17, 15) is 74.6 Å². The minimum absolute atomic E-state index is 0.0172. The van der Waals surface area contributed by atoms with Crippen molar-refractivity contribution in [1.29, 1.82) is 0 Å². The van der Waals surface area contributed by atoms with Crippen molar-refractivity contribution in [2.45, 2.75) is 491 Å². The van der Waals surface area contributed by atoms with E-state index in [4.69, 9.17) is 46.9 Å². The van der Waals surface area contributed by atoms with Crippen molar-refractivity contribution in [3.05, 3.63) is 12.2 Å². The molecule has 18 atom stereocenters. The van der Waals surface area contributed by atoms with Crippen LogP contribution in [0.25, 0.3) is 0 Å². The number of aliphatic hydroxyl groups excluding tert-OH is 9. The van der Waals surface area contributed by atoms with Crippen LogP contribution in [-0.2, 0) is 70.7 Å². The molecule has 0 spiro atoms. The van der Waals surface area contributed by atoms with E-state index in [0.717, 1.165) is 122 Å². The number of unbranched alkanes of at least 4 members (excludes halogenated alkanes) is 47. The third kappa shape index (κ3) is 47.7. The van der Waals surface area contributed by atoms with Gasteiger partial charge in [0, 0.05) is 25.7 Å². The van der Waals surface area contributed by atoms with E-state index < -0.39 is 162 Å². The maximum Gasteiger partial charge on any atom is 0.472 e. The number of esters is 4. The van der Waals surface area contributed by atoms with Crippen molar-refractivity contribution < 1.29 is 122 Å². The monoisotopic (exact) mass is 1640 g/mol. The van der Waals surface area contributed by atoms with E-state index in [1.807, 2.05) is 0 Å². The Morgan fingerprint density at radius 1 is 0.345 bits per heavy atom. The third-order valence-corrected chi connectivity index (χ3v) is 23.3. The van der Waals surface area contributed by atoms with Crippen LogP contribution in [0.15, 0.2) is 12.2 Å². The van der Waals surface area contributed by atoms with Gasteiger partial charge in [-0.1, -0.05) is 322 Å². The lowest BCUT2D eigenvalue weighted by atomic mass is 9.84. The molecule has 3 fully saturated rings. The quantitative estimate of drug-likeness (QED) is 0.00889. The standard InChI is InChI=1S/C87H161O25P/c1-5-9-13-17-21-25-29-33-34-38-40-44-48-52-56-60-71(90)104-66-69-75(94)77(96)81(100)87(108-69)111-84-82(109-73(92)62-58-54-50-46-42-37-32-28-24-20-16-12-8-4)78(97)79(98)83(110-86-80(99)76(95)74(93)68(63-88)107-86)85(84)112-113(101,102)105-65-67(106-72(91)61-57-53-49-45-41-36-31-27-23-19-15-11-7-3)64-103-70(89)59-55-51-47-43-39-35-30-26-22-18-14-10-6-2/h37,42,67-69,74-88,93-100H,5-36,38-41,43-66H2,1-4H3,(H,101,102)/b42-37-. The van der Waals surface area contributed by atoms with E-state index >= 15 is 0 Å². The molecule has 25 nitrogen and oxygen atoms in total. The number of hydrogen-bond acceptors (Lipinski definition) is 24. The minimum Gasteiger partial charge on any atom is -0.463 e. The second-order valence-corrected chi connectivity index (χ2v) is 33.9. The first-order valence-electron chi connectivity index (χ1n) is 45.4. The zero-order valence-electron chi connectivity index (χ0n) is 70.4. The summed E-state index contributed by atoms with van der Waals surface area (Å²) in [5, 5.41) is 102. The van der Waals surface area contributed by atoms with Crippen molar-refractivity contribution in [2.24, 2.45) is 0 Å². The molecule has 10 N–H and O–H groups in total. The van der Waals surface area contributed by atoms with Crippen LogP contribution in [0.2, 0.25) is 0 Å². The largest absolute Gasteiger partial charge is 0.472 e. The van der Waals surface area contributed by atoms with Crippen LogP contribution in [0.3, 0.4) is 0 Å². The molecule has 18 unspecified atom stereocenters. The molecule has 3 rings (SSSR count). The summed E-state index contributed by atoms with van der Waals surface area (Å²) in [6, 6.07) is 0. The molecule has 2 aliphatic heterocycles. The summed E-state index contributed by atoms with van der Waals surface area (Å²) in [5.74, 6) is -2.97. The van der Waals surface area contributed by atoms with Crippen LogP contribution in [-0.4, -0.2) is 205 Å². The molecular weight excluding hydrogens is 1480 g/mol. The van der Waals surface area contributed by atoms with Crippen LogP contribution in [0.1, 0.15) is 387 Å². The Bertz CT molecular complexity index is 2410. The Morgan fingerprint density at radius 3 is 1.06 bits per heavy atom. The van der Waals surface area contributed by atoms with Gasteiger partial charge in [0.15, 0.2) is 24.8 Å². The first-order valence-corrected chi connectivity index (χ1v) is 46.9. The van der Waals surface area contributed by atoms with Crippen molar-refractivity contribution in [1.82, 2.24) is 0 Å².